The molecule has 6 rings (SSSR count). The molecule has 0 aromatic carbocycles. The van der Waals surface area contributed by atoms with Crippen molar-refractivity contribution in [2.75, 3.05) is 63.3 Å². The molecule has 0 aliphatic heterocycles. The van der Waals surface area contributed by atoms with E-state index in [1.807, 2.05) is 114 Å². The molecule has 0 spiro atoms. The van der Waals surface area contributed by atoms with Crippen molar-refractivity contribution in [3.05, 3.63) is 166 Å². The molecule has 6 aromatic heterocycles. The smallest absolute Gasteiger partial charge is 0.133 e. The predicted octanol–water partition coefficient (Wildman–Crippen LogP) is 26.8. The summed E-state index contributed by atoms with van der Waals surface area (Å²) in [5, 5.41) is 2.17. The molecule has 6 heterocycles. The molecule has 0 aliphatic carbocycles. The normalized spacial score (nSPS) is 12.9. The van der Waals surface area contributed by atoms with E-state index < -0.39 is 0 Å². The number of aryl methyl sites for hydroxylation is 5. The summed E-state index contributed by atoms with van der Waals surface area (Å²) in [5.74, 6) is 14.8. The number of nitrogens with zero attached hydrogens (tertiary/aromatic N) is 9. The van der Waals surface area contributed by atoms with Gasteiger partial charge in [-0.3, -0.25) is 15.0 Å². The van der Waals surface area contributed by atoms with Crippen LogP contribution in [0.25, 0.3) is 6.08 Å². The Morgan fingerprint density at radius 3 is 1.15 bits per heavy atom. The lowest BCUT2D eigenvalue weighted by molar-refractivity contribution is 0.480. The van der Waals surface area contributed by atoms with Gasteiger partial charge in [-0.1, -0.05) is 261 Å². The average Bonchev–Trinajstić information content (AvgIpc) is 0.863. The molecule has 0 bridgehead atoms. The lowest BCUT2D eigenvalue weighted by Crippen LogP contribution is -2.17. The number of rotatable bonds is 23. The van der Waals surface area contributed by atoms with E-state index in [4.69, 9.17) is 4.98 Å². The van der Waals surface area contributed by atoms with Gasteiger partial charge in [0.1, 0.15) is 18.0 Å². The fraction of sp³-hybridized carbons (Fsp3) is 0.688. The number of thioether (sulfide) groups is 6. The summed E-state index contributed by atoms with van der Waals surface area (Å²) >= 11 is 11.9. The first-order valence-electron chi connectivity index (χ1n) is 39.6. The molecule has 0 fully saturated rings. The van der Waals surface area contributed by atoms with Gasteiger partial charge in [-0.15, -0.1) is 11.8 Å². The van der Waals surface area contributed by atoms with Gasteiger partial charge in [-0.25, -0.2) is 29.9 Å². The summed E-state index contributed by atoms with van der Waals surface area (Å²) in [7, 11) is 0. The Morgan fingerprint density at radius 1 is 0.296 bits per heavy atom. The summed E-state index contributed by atoms with van der Waals surface area (Å²) in [6, 6.07) is 21.2. The Morgan fingerprint density at radius 2 is 0.713 bits per heavy atom. The Kier molecular flexibility index (Phi) is 44.4. The highest BCUT2D eigenvalue weighted by Crippen LogP contribution is 2.31. The standard InChI is InChI=1S/C16H27NS.C16H25NS.C16H27NS.3C15H26N2S/c1-15(2,3)12-18-10-8-14-11-13(7-9-17-14)16(4,5)6;1-15(2,3)12-18-11-9-14-13(16(4,5)6)8-7-10-17-14;1-15(2,3)12-18-11-10-13-8-7-9-14(17-13)16(4,5)6;1-14(2,3)11-18-10-8-13-16-9-7-12(17-13)15(4,5)6;1-14(2,3)11-18-10-8-12-7-9-16-13(17-12)15(4,5)6;1-14(2,3)10-18-8-7-12-9-13(15(4,5)6)17-11-16-12/h7,9,11H,8,10,12H2,1-6H3;7-11H,12H2,1-6H3;7-9H,10-12H2,1-6H3;2*7,9H,8,10-11H2,1-6H3;9,11H,7-8,10H2,1-6H3/b;11-9+;;;;. The maximum absolute atomic E-state index is 4.76. The first-order chi connectivity index (χ1) is 49.1. The Hall–Kier alpha value is -3.47. The van der Waals surface area contributed by atoms with Crippen molar-refractivity contribution in [1.29, 1.82) is 0 Å². The second-order valence-corrected chi connectivity index (χ2v) is 48.5. The maximum atomic E-state index is 4.76. The fourth-order valence-corrected chi connectivity index (χ4v) is 15.6. The molecular weight excluding hydrogens is 1440 g/mol. The van der Waals surface area contributed by atoms with E-state index in [1.54, 1.807) is 6.33 Å². The lowest BCUT2D eigenvalue weighted by Gasteiger charge is -2.20. The number of hydrogen-bond donors (Lipinski definition) is 0. The van der Waals surface area contributed by atoms with Gasteiger partial charge < -0.3 is 0 Å². The summed E-state index contributed by atoms with van der Waals surface area (Å²) in [6.45, 7) is 80.7. The molecule has 15 heteroatoms. The van der Waals surface area contributed by atoms with Gasteiger partial charge in [0.2, 0.25) is 0 Å². The van der Waals surface area contributed by atoms with E-state index in [0.29, 0.717) is 32.5 Å². The molecule has 0 radical (unpaired) electrons. The first kappa shape index (κ1) is 103. The number of hydrogen-bond acceptors (Lipinski definition) is 15. The highest BCUT2D eigenvalue weighted by atomic mass is 32.2. The molecule has 6 aromatic rings. The summed E-state index contributed by atoms with van der Waals surface area (Å²) < 4.78 is 0. The first-order valence-corrected chi connectivity index (χ1v) is 46.4. The molecule has 0 N–H and O–H groups in total. The van der Waals surface area contributed by atoms with E-state index in [0.717, 1.165) is 107 Å². The second-order valence-electron chi connectivity index (χ2n) is 42.1. The third kappa shape index (κ3) is 52.8. The zero-order valence-corrected chi connectivity index (χ0v) is 80.5. The van der Waals surface area contributed by atoms with E-state index in [1.165, 1.54) is 57.0 Å². The van der Waals surface area contributed by atoms with Crippen molar-refractivity contribution >= 4 is 76.6 Å². The third-order valence-corrected chi connectivity index (χ3v) is 24.4. The van der Waals surface area contributed by atoms with Gasteiger partial charge in [0.25, 0.3) is 0 Å². The van der Waals surface area contributed by atoms with Gasteiger partial charge >= 0.3 is 0 Å². The van der Waals surface area contributed by atoms with Crippen LogP contribution in [0.2, 0.25) is 0 Å². The van der Waals surface area contributed by atoms with Crippen molar-refractivity contribution in [1.82, 2.24) is 44.9 Å². The van der Waals surface area contributed by atoms with E-state index in [-0.39, 0.29) is 32.5 Å². The van der Waals surface area contributed by atoms with Gasteiger partial charge in [0.15, 0.2) is 0 Å². The largest absolute Gasteiger partial charge is 0.261 e. The van der Waals surface area contributed by atoms with Crippen LogP contribution in [-0.2, 0) is 64.6 Å². The van der Waals surface area contributed by atoms with E-state index in [2.05, 4.69) is 343 Å². The van der Waals surface area contributed by atoms with Gasteiger partial charge in [0.05, 0.1) is 5.69 Å². The van der Waals surface area contributed by atoms with Crippen LogP contribution in [0, 0.1) is 32.5 Å². The zero-order valence-electron chi connectivity index (χ0n) is 75.6. The quantitative estimate of drug-likeness (QED) is 0.0566. The topological polar surface area (TPSA) is 116 Å². The van der Waals surface area contributed by atoms with Crippen molar-refractivity contribution in [2.45, 2.75) is 314 Å². The minimum absolute atomic E-state index is 0.0363. The Labute approximate surface area is 691 Å². The molecule has 0 saturated carbocycles. The SMILES string of the molecule is CC(C)(C)CS/C=C/c1ncccc1C(C)(C)C.CC(C)(C)CSCCc1cc(C(C)(C)C)ccn1.CC(C)(C)CSCCc1cc(C(C)(C)C)ncn1.CC(C)(C)CSCCc1cccc(C(C)(C)C)n1.CC(C)(C)CSCCc1ccnc(C(C)(C)C)n1.CC(C)(C)CSCCc1nccc(C(C)(C)C)n1. The van der Waals surface area contributed by atoms with Crippen LogP contribution in [0.3, 0.4) is 0 Å². The lowest BCUT2D eigenvalue weighted by atomic mass is 9.86. The zero-order chi connectivity index (χ0) is 82.9. The van der Waals surface area contributed by atoms with Crippen molar-refractivity contribution in [2.24, 2.45) is 32.5 Å². The van der Waals surface area contributed by atoms with E-state index >= 15 is 0 Å². The molecule has 0 amide bonds. The highest BCUT2D eigenvalue weighted by molar-refractivity contribution is 8.02. The summed E-state index contributed by atoms with van der Waals surface area (Å²) in [4.78, 5) is 40.5. The summed E-state index contributed by atoms with van der Waals surface area (Å²) in [5.41, 5.74) is 15.2. The van der Waals surface area contributed by atoms with Gasteiger partial charge in [-0.05, 0) is 192 Å². The minimum atomic E-state index is 0.0363. The number of aromatic nitrogens is 9. The predicted molar refractivity (Wildman–Crippen MR) is 494 cm³/mol. The molecule has 0 unspecified atom stereocenters. The molecule has 0 aliphatic rings. The highest BCUT2D eigenvalue weighted by Gasteiger charge is 2.23. The van der Waals surface area contributed by atoms with Crippen molar-refractivity contribution in [3.8, 4) is 0 Å². The van der Waals surface area contributed by atoms with Crippen molar-refractivity contribution < 1.29 is 0 Å². The molecule has 0 atom stereocenters. The van der Waals surface area contributed by atoms with Crippen LogP contribution >= 0.6 is 70.6 Å². The molecule has 610 valence electrons. The number of pyridine rings is 3. The molecule has 0 saturated heterocycles. The second kappa shape index (κ2) is 46.8. The van der Waals surface area contributed by atoms with Crippen LogP contribution in [0.5, 0.6) is 0 Å². The van der Waals surface area contributed by atoms with Crippen molar-refractivity contribution in [3.63, 3.8) is 0 Å². The van der Waals surface area contributed by atoms with Crippen LogP contribution in [0.1, 0.15) is 318 Å². The molecule has 9 nitrogen and oxygen atoms in total. The van der Waals surface area contributed by atoms with Crippen LogP contribution in [0.15, 0.2) is 97.2 Å². The van der Waals surface area contributed by atoms with E-state index in [9.17, 15) is 0 Å². The van der Waals surface area contributed by atoms with Crippen LogP contribution in [-0.4, -0.2) is 108 Å². The Balaban J connectivity index is 0.000000648. The Bertz CT molecular complexity index is 3020. The van der Waals surface area contributed by atoms with Gasteiger partial charge in [-0.2, -0.15) is 58.8 Å². The average molecular weight is 1590 g/mol. The van der Waals surface area contributed by atoms with Crippen LogP contribution in [0.4, 0.5) is 0 Å². The third-order valence-electron chi connectivity index (χ3n) is 15.2. The van der Waals surface area contributed by atoms with Crippen LogP contribution < -0.4 is 0 Å². The minimum Gasteiger partial charge on any atom is -0.261 e. The maximum Gasteiger partial charge on any atom is 0.133 e. The van der Waals surface area contributed by atoms with Gasteiger partial charge in [0, 0.05) is 104 Å². The monoisotopic (exact) mass is 1590 g/mol. The summed E-state index contributed by atoms with van der Waals surface area (Å²) in [6.07, 6.45) is 16.6. The molecule has 108 heavy (non-hydrogen) atoms. The molecular formula is C93H157N9S6. The fourth-order valence-electron chi connectivity index (χ4n) is 9.25.